The second-order valence-corrected chi connectivity index (χ2v) is 5.40. The van der Waals surface area contributed by atoms with Crippen molar-refractivity contribution < 1.29 is 9.59 Å². The Kier molecular flexibility index (Phi) is 2.47. The Balaban J connectivity index is 2.00. The van der Waals surface area contributed by atoms with E-state index in [0.717, 1.165) is 18.4 Å². The maximum Gasteiger partial charge on any atom is 0.163 e. The molecule has 2 aliphatic rings. The van der Waals surface area contributed by atoms with Gasteiger partial charge in [-0.1, -0.05) is 30.8 Å². The summed E-state index contributed by atoms with van der Waals surface area (Å²) in [7, 11) is 0. The topological polar surface area (TPSA) is 34.1 Å². The van der Waals surface area contributed by atoms with Crippen LogP contribution in [0.1, 0.15) is 41.6 Å². The zero-order valence-electron chi connectivity index (χ0n) is 10.3. The first kappa shape index (κ1) is 11.4. The monoisotopic (exact) mass is 240 g/mol. The second-order valence-electron chi connectivity index (χ2n) is 5.40. The highest BCUT2D eigenvalue weighted by Crippen LogP contribution is 2.59. The third-order valence-electron chi connectivity index (χ3n) is 4.44. The number of Topliss-reactive ketones (excluding diaryl/α,β-unsaturated/α-hetero) is 1. The van der Waals surface area contributed by atoms with Gasteiger partial charge in [-0.3, -0.25) is 9.59 Å². The minimum atomic E-state index is 0.0541. The summed E-state index contributed by atoms with van der Waals surface area (Å²) in [4.78, 5) is 23.7. The molecule has 0 aromatic heterocycles. The van der Waals surface area contributed by atoms with Crippen LogP contribution >= 0.6 is 0 Å². The van der Waals surface area contributed by atoms with Crippen molar-refractivity contribution in [1.29, 1.82) is 0 Å². The van der Waals surface area contributed by atoms with Crippen LogP contribution in [0.4, 0.5) is 0 Å². The van der Waals surface area contributed by atoms with Gasteiger partial charge < -0.3 is 0 Å². The normalized spacial score (nSPS) is 23.6. The van der Waals surface area contributed by atoms with Gasteiger partial charge in [-0.2, -0.15) is 0 Å². The molecule has 1 atom stereocenters. The van der Waals surface area contributed by atoms with Crippen molar-refractivity contribution in [3.05, 3.63) is 48.0 Å². The van der Waals surface area contributed by atoms with Crippen LogP contribution in [0, 0.1) is 5.92 Å². The van der Waals surface area contributed by atoms with Crippen molar-refractivity contribution in [3.63, 3.8) is 0 Å². The van der Waals surface area contributed by atoms with Crippen LogP contribution in [0.15, 0.2) is 36.9 Å². The summed E-state index contributed by atoms with van der Waals surface area (Å²) >= 11 is 0. The molecule has 0 heterocycles. The van der Waals surface area contributed by atoms with Gasteiger partial charge in [0.2, 0.25) is 0 Å². The molecule has 1 fully saturated rings. The number of carbonyl (C=O) groups excluding carboxylic acids is 2. The molecule has 3 rings (SSSR count). The van der Waals surface area contributed by atoms with E-state index in [9.17, 15) is 9.59 Å². The summed E-state index contributed by atoms with van der Waals surface area (Å²) in [6.07, 6.45) is 4.56. The SMILES string of the molecule is C=CC(=O)CC1CC(=O)c2ccccc2C12CC2. The number of allylic oxidation sites excluding steroid dienone is 1. The molecule has 1 unspecified atom stereocenters. The third-order valence-corrected chi connectivity index (χ3v) is 4.44. The van der Waals surface area contributed by atoms with E-state index in [-0.39, 0.29) is 22.9 Å². The van der Waals surface area contributed by atoms with Crippen LogP contribution in [0.2, 0.25) is 0 Å². The van der Waals surface area contributed by atoms with E-state index < -0.39 is 0 Å². The molecule has 2 nitrogen and oxygen atoms in total. The smallest absolute Gasteiger partial charge is 0.163 e. The van der Waals surface area contributed by atoms with E-state index in [4.69, 9.17) is 0 Å². The standard InChI is InChI=1S/C16H16O2/c1-2-12(17)9-11-10-15(18)13-5-3-4-6-14(13)16(11)7-8-16/h2-6,11H,1,7-10H2. The van der Waals surface area contributed by atoms with Gasteiger partial charge in [0, 0.05) is 18.4 Å². The molecular weight excluding hydrogens is 224 g/mol. The summed E-state index contributed by atoms with van der Waals surface area (Å²) < 4.78 is 0. The minimum absolute atomic E-state index is 0.0541. The predicted molar refractivity (Wildman–Crippen MR) is 69.6 cm³/mol. The van der Waals surface area contributed by atoms with E-state index in [1.54, 1.807) is 0 Å². The summed E-state index contributed by atoms with van der Waals surface area (Å²) in [5, 5.41) is 0. The fraction of sp³-hybridized carbons (Fsp3) is 0.375. The molecule has 0 N–H and O–H groups in total. The molecule has 0 amide bonds. The van der Waals surface area contributed by atoms with E-state index in [1.807, 2.05) is 18.2 Å². The predicted octanol–water partition coefficient (Wildman–Crippen LogP) is 3.07. The fourth-order valence-electron chi connectivity index (χ4n) is 3.32. The molecule has 1 saturated carbocycles. The lowest BCUT2D eigenvalue weighted by Gasteiger charge is -2.32. The van der Waals surface area contributed by atoms with Crippen molar-refractivity contribution in [2.75, 3.05) is 0 Å². The Morgan fingerprint density at radius 2 is 2.11 bits per heavy atom. The van der Waals surface area contributed by atoms with Gasteiger partial charge in [0.1, 0.15) is 0 Å². The van der Waals surface area contributed by atoms with Gasteiger partial charge in [-0.05, 0) is 35.8 Å². The van der Waals surface area contributed by atoms with Gasteiger partial charge in [0.15, 0.2) is 11.6 Å². The first-order valence-corrected chi connectivity index (χ1v) is 6.45. The van der Waals surface area contributed by atoms with Crippen LogP contribution in [0.3, 0.4) is 0 Å². The van der Waals surface area contributed by atoms with Gasteiger partial charge in [0.25, 0.3) is 0 Å². The van der Waals surface area contributed by atoms with Crippen LogP contribution in [0.25, 0.3) is 0 Å². The summed E-state index contributed by atoms with van der Waals surface area (Å²) in [5.74, 6) is 0.411. The van der Waals surface area contributed by atoms with E-state index in [2.05, 4.69) is 12.6 Å². The number of rotatable bonds is 3. The maximum absolute atomic E-state index is 12.1. The molecule has 0 radical (unpaired) electrons. The Labute approximate surface area is 107 Å². The van der Waals surface area contributed by atoms with Crippen molar-refractivity contribution >= 4 is 11.6 Å². The average molecular weight is 240 g/mol. The lowest BCUT2D eigenvalue weighted by molar-refractivity contribution is -0.115. The molecule has 1 aromatic carbocycles. The van der Waals surface area contributed by atoms with Gasteiger partial charge in [0.05, 0.1) is 0 Å². The Morgan fingerprint density at radius 3 is 2.78 bits per heavy atom. The van der Waals surface area contributed by atoms with E-state index in [1.165, 1.54) is 11.6 Å². The maximum atomic E-state index is 12.1. The lowest BCUT2D eigenvalue weighted by Crippen LogP contribution is -2.32. The molecule has 0 saturated heterocycles. The Morgan fingerprint density at radius 1 is 1.39 bits per heavy atom. The molecular formula is C16H16O2. The zero-order valence-corrected chi connectivity index (χ0v) is 10.3. The molecule has 1 spiro atoms. The highest BCUT2D eigenvalue weighted by atomic mass is 16.1. The summed E-state index contributed by atoms with van der Waals surface area (Å²) in [6.45, 7) is 3.52. The summed E-state index contributed by atoms with van der Waals surface area (Å²) in [5.41, 5.74) is 2.14. The van der Waals surface area contributed by atoms with Gasteiger partial charge in [-0.25, -0.2) is 0 Å². The van der Waals surface area contributed by atoms with Crippen molar-refractivity contribution in [1.82, 2.24) is 0 Å². The van der Waals surface area contributed by atoms with Gasteiger partial charge in [-0.15, -0.1) is 0 Å². The molecule has 1 aromatic rings. The quantitative estimate of drug-likeness (QED) is 0.761. The lowest BCUT2D eigenvalue weighted by atomic mass is 9.70. The number of hydrogen-bond acceptors (Lipinski definition) is 2. The van der Waals surface area contributed by atoms with Crippen LogP contribution in [-0.2, 0) is 10.2 Å². The zero-order chi connectivity index (χ0) is 12.8. The molecule has 0 bridgehead atoms. The number of fused-ring (bicyclic) bond motifs is 2. The Bertz CT molecular complexity index is 538. The van der Waals surface area contributed by atoms with E-state index >= 15 is 0 Å². The fourth-order valence-corrected chi connectivity index (χ4v) is 3.32. The molecule has 18 heavy (non-hydrogen) atoms. The first-order valence-electron chi connectivity index (χ1n) is 6.45. The largest absolute Gasteiger partial charge is 0.295 e. The molecule has 92 valence electrons. The highest BCUT2D eigenvalue weighted by Gasteiger charge is 2.54. The van der Waals surface area contributed by atoms with Crippen LogP contribution in [-0.4, -0.2) is 11.6 Å². The van der Waals surface area contributed by atoms with Crippen molar-refractivity contribution in [3.8, 4) is 0 Å². The summed E-state index contributed by atoms with van der Waals surface area (Å²) in [6, 6.07) is 7.89. The molecule has 2 heteroatoms. The average Bonchev–Trinajstić information content (AvgIpc) is 3.17. The molecule has 0 aliphatic heterocycles. The van der Waals surface area contributed by atoms with Crippen LogP contribution < -0.4 is 0 Å². The van der Waals surface area contributed by atoms with E-state index in [0.29, 0.717) is 12.8 Å². The minimum Gasteiger partial charge on any atom is -0.295 e. The van der Waals surface area contributed by atoms with Crippen molar-refractivity contribution in [2.24, 2.45) is 5.92 Å². The first-order chi connectivity index (χ1) is 8.67. The number of hydrogen-bond donors (Lipinski definition) is 0. The van der Waals surface area contributed by atoms with Crippen LogP contribution in [0.5, 0.6) is 0 Å². The Hall–Kier alpha value is -1.70. The highest BCUT2D eigenvalue weighted by molar-refractivity contribution is 6.00. The molecule has 2 aliphatic carbocycles. The number of carbonyl (C=O) groups is 2. The van der Waals surface area contributed by atoms with Crippen molar-refractivity contribution in [2.45, 2.75) is 31.1 Å². The van der Waals surface area contributed by atoms with Gasteiger partial charge >= 0.3 is 0 Å². The number of benzene rings is 1. The third kappa shape index (κ3) is 1.56. The second kappa shape index (κ2) is 3.91. The number of ketones is 2.